The maximum Gasteiger partial charge on any atom is 0.269 e. The van der Waals surface area contributed by atoms with Crippen LogP contribution in [-0.4, -0.2) is 66.5 Å². The second kappa shape index (κ2) is 5.88. The Hall–Kier alpha value is -1.45. The first-order chi connectivity index (χ1) is 10.8. The fourth-order valence-corrected chi connectivity index (χ4v) is 4.28. The molecule has 2 aliphatic heterocycles. The zero-order valence-electron chi connectivity index (χ0n) is 13.4. The average molecular weight is 342 g/mol. The molecule has 1 amide bonds. The van der Waals surface area contributed by atoms with Gasteiger partial charge in [-0.3, -0.25) is 9.48 Å². The number of nitrogens with one attached hydrogen (secondary N) is 1. The number of hydrogen-bond acceptors (Lipinski definition) is 5. The predicted octanol–water partition coefficient (Wildman–Crippen LogP) is -0.409. The number of carbonyl (C=O) groups is 1. The Morgan fingerprint density at radius 2 is 2.26 bits per heavy atom. The fraction of sp³-hybridized carbons (Fsp3) is 0.714. The van der Waals surface area contributed by atoms with E-state index in [0.29, 0.717) is 31.9 Å². The Morgan fingerprint density at radius 1 is 1.52 bits per heavy atom. The Morgan fingerprint density at radius 3 is 2.87 bits per heavy atom. The minimum Gasteiger partial charge on any atom is -0.372 e. The van der Waals surface area contributed by atoms with Gasteiger partial charge >= 0.3 is 0 Å². The van der Waals surface area contributed by atoms with E-state index in [4.69, 9.17) is 4.74 Å². The molecule has 8 nitrogen and oxygen atoms in total. The first-order valence-electron chi connectivity index (χ1n) is 7.67. The summed E-state index contributed by atoms with van der Waals surface area (Å²) in [4.78, 5) is 12.0. The van der Waals surface area contributed by atoms with Crippen LogP contribution in [0.25, 0.3) is 0 Å². The highest BCUT2D eigenvalue weighted by atomic mass is 32.2. The molecule has 1 N–H and O–H groups in total. The van der Waals surface area contributed by atoms with Crippen LogP contribution in [0.1, 0.15) is 23.3 Å². The summed E-state index contributed by atoms with van der Waals surface area (Å²) in [6.45, 7) is 2.04. The molecule has 0 radical (unpaired) electrons. The number of carbonyl (C=O) groups excluding carboxylic acids is 1. The smallest absolute Gasteiger partial charge is 0.269 e. The first-order valence-corrected chi connectivity index (χ1v) is 9.52. The molecule has 0 unspecified atom stereocenters. The van der Waals surface area contributed by atoms with Crippen LogP contribution in [0.3, 0.4) is 0 Å². The summed E-state index contributed by atoms with van der Waals surface area (Å²) in [6, 6.07) is 1.67. The van der Waals surface area contributed by atoms with Crippen molar-refractivity contribution in [2.45, 2.75) is 18.4 Å². The molecule has 2 aliphatic rings. The minimum absolute atomic E-state index is 0.149. The zero-order valence-corrected chi connectivity index (χ0v) is 14.2. The summed E-state index contributed by atoms with van der Waals surface area (Å²) in [7, 11) is -1.42. The van der Waals surface area contributed by atoms with E-state index in [1.54, 1.807) is 19.3 Å². The van der Waals surface area contributed by atoms with Crippen LogP contribution >= 0.6 is 0 Å². The van der Waals surface area contributed by atoms with E-state index >= 15 is 0 Å². The molecule has 2 saturated heterocycles. The van der Waals surface area contributed by atoms with E-state index in [1.807, 2.05) is 0 Å². The van der Waals surface area contributed by atoms with Gasteiger partial charge in [0.15, 0.2) is 0 Å². The Kier molecular flexibility index (Phi) is 4.19. The van der Waals surface area contributed by atoms with Crippen LogP contribution in [-0.2, 0) is 21.8 Å². The van der Waals surface area contributed by atoms with Crippen LogP contribution in [0, 0.1) is 5.92 Å². The number of ether oxygens (including phenoxy) is 1. The molecular formula is C14H22N4O4S. The summed E-state index contributed by atoms with van der Waals surface area (Å²) in [5.74, 6) is 0.122. The molecule has 0 bridgehead atoms. The van der Waals surface area contributed by atoms with E-state index in [9.17, 15) is 13.2 Å². The summed E-state index contributed by atoms with van der Waals surface area (Å²) < 4.78 is 31.9. The molecule has 0 saturated carbocycles. The molecule has 128 valence electrons. The molecule has 0 aliphatic carbocycles. The highest BCUT2D eigenvalue weighted by Crippen LogP contribution is 2.42. The number of amides is 1. The van der Waals surface area contributed by atoms with Gasteiger partial charge in [0.1, 0.15) is 5.69 Å². The zero-order chi connectivity index (χ0) is 16.7. The molecular weight excluding hydrogens is 320 g/mol. The third-order valence-corrected chi connectivity index (χ3v) is 5.98. The molecule has 0 aromatic carbocycles. The first kappa shape index (κ1) is 16.4. The quantitative estimate of drug-likeness (QED) is 0.785. The normalized spacial score (nSPS) is 23.8. The standard InChI is InChI=1S/C14H22N4O4S/c1-17-12(4-7-16-17)13(19)15-6-3-11-5-8-22-14(11)9-18(10-14)23(2,20)21/h4,7,11H,3,5-6,8-10H2,1-2H3,(H,15,19)/t11-/m1/s1. The highest BCUT2D eigenvalue weighted by Gasteiger charge is 2.55. The van der Waals surface area contributed by atoms with Gasteiger partial charge in [-0.15, -0.1) is 0 Å². The number of nitrogens with zero attached hydrogens (tertiary/aromatic N) is 3. The summed E-state index contributed by atoms with van der Waals surface area (Å²) >= 11 is 0. The van der Waals surface area contributed by atoms with Gasteiger partial charge in [-0.2, -0.15) is 9.40 Å². The van der Waals surface area contributed by atoms with Gasteiger partial charge in [-0.25, -0.2) is 8.42 Å². The van der Waals surface area contributed by atoms with E-state index in [1.165, 1.54) is 15.2 Å². The minimum atomic E-state index is -3.15. The lowest BCUT2D eigenvalue weighted by atomic mass is 9.80. The monoisotopic (exact) mass is 342 g/mol. The van der Waals surface area contributed by atoms with E-state index < -0.39 is 10.0 Å². The third kappa shape index (κ3) is 3.13. The molecule has 1 aromatic heterocycles. The van der Waals surface area contributed by atoms with Crippen LogP contribution in [0.4, 0.5) is 0 Å². The van der Waals surface area contributed by atoms with Crippen molar-refractivity contribution in [2.75, 3.05) is 32.5 Å². The average Bonchev–Trinajstić information content (AvgIpc) is 3.01. The molecule has 9 heteroatoms. The van der Waals surface area contributed by atoms with Gasteiger partial charge in [0.25, 0.3) is 5.91 Å². The number of hydrogen-bond donors (Lipinski definition) is 1. The van der Waals surface area contributed by atoms with Gasteiger partial charge in [-0.05, 0) is 24.8 Å². The Bertz CT molecular complexity index is 693. The van der Waals surface area contributed by atoms with Crippen molar-refractivity contribution < 1.29 is 17.9 Å². The maximum atomic E-state index is 12.0. The van der Waals surface area contributed by atoms with E-state index in [-0.39, 0.29) is 17.4 Å². The maximum absolute atomic E-state index is 12.0. The molecule has 2 fully saturated rings. The van der Waals surface area contributed by atoms with Gasteiger partial charge in [0, 0.05) is 39.5 Å². The van der Waals surface area contributed by atoms with Crippen LogP contribution in [0.15, 0.2) is 12.3 Å². The predicted molar refractivity (Wildman–Crippen MR) is 83.4 cm³/mol. The van der Waals surface area contributed by atoms with Gasteiger partial charge < -0.3 is 10.1 Å². The summed E-state index contributed by atoms with van der Waals surface area (Å²) in [6.07, 6.45) is 4.49. The van der Waals surface area contributed by atoms with Crippen molar-refractivity contribution >= 4 is 15.9 Å². The lowest BCUT2D eigenvalue weighted by Gasteiger charge is -2.48. The van der Waals surface area contributed by atoms with Crippen molar-refractivity contribution in [3.8, 4) is 0 Å². The van der Waals surface area contributed by atoms with Crippen LogP contribution in [0.2, 0.25) is 0 Å². The number of aryl methyl sites for hydroxylation is 1. The summed E-state index contributed by atoms with van der Waals surface area (Å²) in [5, 5.41) is 6.87. The molecule has 1 atom stereocenters. The number of sulfonamides is 1. The SMILES string of the molecule is Cn1nccc1C(=O)NCC[C@@H]1CCOC12CN(S(C)(=O)=O)C2. The lowest BCUT2D eigenvalue weighted by Crippen LogP contribution is -2.65. The van der Waals surface area contributed by atoms with Gasteiger partial charge in [0.2, 0.25) is 10.0 Å². The van der Waals surface area contributed by atoms with Gasteiger partial charge in [0.05, 0.1) is 11.9 Å². The van der Waals surface area contributed by atoms with E-state index in [2.05, 4.69) is 10.4 Å². The second-order valence-corrected chi connectivity index (χ2v) is 8.30. The van der Waals surface area contributed by atoms with Crippen LogP contribution in [0.5, 0.6) is 0 Å². The topological polar surface area (TPSA) is 93.5 Å². The molecule has 23 heavy (non-hydrogen) atoms. The fourth-order valence-electron chi connectivity index (χ4n) is 3.37. The Labute approximate surface area is 135 Å². The lowest BCUT2D eigenvalue weighted by molar-refractivity contribution is -0.102. The second-order valence-electron chi connectivity index (χ2n) is 6.31. The van der Waals surface area contributed by atoms with Crippen LogP contribution < -0.4 is 5.32 Å². The van der Waals surface area contributed by atoms with E-state index in [0.717, 1.165) is 12.8 Å². The summed E-state index contributed by atoms with van der Waals surface area (Å²) in [5.41, 5.74) is 0.162. The molecule has 3 heterocycles. The number of rotatable bonds is 5. The van der Waals surface area contributed by atoms with Crippen molar-refractivity contribution in [3.05, 3.63) is 18.0 Å². The number of aromatic nitrogens is 2. The Balaban J connectivity index is 1.51. The molecule has 3 rings (SSSR count). The highest BCUT2D eigenvalue weighted by molar-refractivity contribution is 7.88. The largest absolute Gasteiger partial charge is 0.372 e. The third-order valence-electron chi connectivity index (χ3n) is 4.79. The van der Waals surface area contributed by atoms with Crippen molar-refractivity contribution in [2.24, 2.45) is 13.0 Å². The molecule has 1 spiro atoms. The van der Waals surface area contributed by atoms with Crippen molar-refractivity contribution in [1.82, 2.24) is 19.4 Å². The molecule has 1 aromatic rings. The van der Waals surface area contributed by atoms with Gasteiger partial charge in [-0.1, -0.05) is 0 Å². The van der Waals surface area contributed by atoms with Crippen molar-refractivity contribution in [1.29, 1.82) is 0 Å². The van der Waals surface area contributed by atoms with Crippen molar-refractivity contribution in [3.63, 3.8) is 0 Å².